The average molecular weight is 397 g/mol. The molecule has 4 aliphatic rings. The van der Waals surface area contributed by atoms with Crippen molar-refractivity contribution in [3.8, 4) is 0 Å². The zero-order valence-electron chi connectivity index (χ0n) is 17.5. The van der Waals surface area contributed by atoms with E-state index in [4.69, 9.17) is 0 Å². The summed E-state index contributed by atoms with van der Waals surface area (Å²) in [6.45, 7) is 5.89. The molecule has 2 amide bonds. The van der Waals surface area contributed by atoms with Gasteiger partial charge in [-0.1, -0.05) is 24.6 Å². The first-order chi connectivity index (χ1) is 14.1. The van der Waals surface area contributed by atoms with Gasteiger partial charge < -0.3 is 9.80 Å². The number of para-hydroxylation sites is 1. The van der Waals surface area contributed by atoms with Crippen molar-refractivity contribution in [1.29, 1.82) is 0 Å². The number of likely N-dealkylation sites (N-methyl/N-ethyl adjacent to an activating group) is 1. The molecule has 0 N–H and O–H groups in total. The molecule has 3 heterocycles. The van der Waals surface area contributed by atoms with Crippen LogP contribution in [0.3, 0.4) is 0 Å². The second-order valence-corrected chi connectivity index (χ2v) is 9.24. The van der Waals surface area contributed by atoms with Gasteiger partial charge in [0, 0.05) is 58.0 Å². The number of likely N-dealkylation sites (tertiary alicyclic amines) is 1. The topological polar surface area (TPSA) is 47.1 Å². The fraction of sp³-hybridized carbons (Fsp3) is 0.652. The maximum absolute atomic E-state index is 13.1. The van der Waals surface area contributed by atoms with Crippen LogP contribution in [0.4, 0.5) is 5.69 Å². The van der Waals surface area contributed by atoms with Gasteiger partial charge in [0.1, 0.15) is 0 Å². The number of nitrogens with zero attached hydrogens (tertiary/aromatic N) is 4. The molecule has 29 heavy (non-hydrogen) atoms. The van der Waals surface area contributed by atoms with E-state index in [1.165, 1.54) is 24.8 Å². The third-order valence-electron chi connectivity index (χ3n) is 7.82. The molecule has 6 heteroatoms. The molecule has 0 unspecified atom stereocenters. The van der Waals surface area contributed by atoms with Gasteiger partial charge in [0.2, 0.25) is 11.8 Å². The Morgan fingerprint density at radius 2 is 1.72 bits per heavy atom. The summed E-state index contributed by atoms with van der Waals surface area (Å²) in [7, 11) is 1.88. The summed E-state index contributed by atoms with van der Waals surface area (Å²) in [5.41, 5.74) is 1.83. The lowest BCUT2D eigenvalue weighted by atomic mass is 9.73. The van der Waals surface area contributed by atoms with Crippen LogP contribution < -0.4 is 4.90 Å². The van der Waals surface area contributed by atoms with E-state index in [0.29, 0.717) is 6.54 Å². The number of carbonyl (C=O) groups is 2. The monoisotopic (exact) mass is 396 g/mol. The van der Waals surface area contributed by atoms with Gasteiger partial charge in [-0.15, -0.1) is 0 Å². The first-order valence-electron chi connectivity index (χ1n) is 11.2. The van der Waals surface area contributed by atoms with E-state index in [-0.39, 0.29) is 17.2 Å². The van der Waals surface area contributed by atoms with Crippen LogP contribution in [0.25, 0.3) is 0 Å². The summed E-state index contributed by atoms with van der Waals surface area (Å²) in [5.74, 6) is 0.473. The standard InChI is InChI=1S/C23H32N4O2/c1-24-20-8-3-2-7-19(20)23(22(24)29)9-11-25(12-10-23)17-21(28)27-15-13-26(14-16-27)18-5-4-6-18/h2-3,7-8,18H,4-6,9-17H2,1H3. The van der Waals surface area contributed by atoms with E-state index in [9.17, 15) is 9.59 Å². The second-order valence-electron chi connectivity index (χ2n) is 9.24. The third-order valence-corrected chi connectivity index (χ3v) is 7.82. The Hall–Kier alpha value is -1.92. The maximum Gasteiger partial charge on any atom is 0.237 e. The predicted octanol–water partition coefficient (Wildman–Crippen LogP) is 1.69. The lowest BCUT2D eigenvalue weighted by Gasteiger charge is -2.43. The Bertz CT molecular complexity index is 790. The number of hydrogen-bond donors (Lipinski definition) is 0. The molecule has 0 atom stereocenters. The minimum atomic E-state index is -0.390. The predicted molar refractivity (Wildman–Crippen MR) is 113 cm³/mol. The fourth-order valence-corrected chi connectivity index (χ4v) is 5.67. The lowest BCUT2D eigenvalue weighted by Crippen LogP contribution is -2.56. The molecule has 0 aromatic heterocycles. The number of fused-ring (bicyclic) bond motifs is 2. The van der Waals surface area contributed by atoms with Crippen LogP contribution in [0.1, 0.15) is 37.7 Å². The number of hydrogen-bond acceptors (Lipinski definition) is 4. The normalized spacial score (nSPS) is 25.3. The summed E-state index contributed by atoms with van der Waals surface area (Å²) in [6.07, 6.45) is 5.63. The maximum atomic E-state index is 13.1. The van der Waals surface area contributed by atoms with Gasteiger partial charge in [-0.05, 0) is 37.3 Å². The van der Waals surface area contributed by atoms with Crippen molar-refractivity contribution in [2.75, 3.05) is 57.8 Å². The molecular weight excluding hydrogens is 364 g/mol. The van der Waals surface area contributed by atoms with Gasteiger partial charge in [-0.3, -0.25) is 19.4 Å². The minimum Gasteiger partial charge on any atom is -0.339 e. The summed E-state index contributed by atoms with van der Waals surface area (Å²) in [4.78, 5) is 34.6. The highest BCUT2D eigenvalue weighted by molar-refractivity contribution is 6.07. The quantitative estimate of drug-likeness (QED) is 0.780. The van der Waals surface area contributed by atoms with Gasteiger partial charge in [0.15, 0.2) is 0 Å². The number of carbonyl (C=O) groups excluding carboxylic acids is 2. The van der Waals surface area contributed by atoms with E-state index in [2.05, 4.69) is 15.9 Å². The fourth-order valence-electron chi connectivity index (χ4n) is 5.67. The molecule has 6 nitrogen and oxygen atoms in total. The van der Waals surface area contributed by atoms with Crippen molar-refractivity contribution in [3.63, 3.8) is 0 Å². The first-order valence-corrected chi connectivity index (χ1v) is 11.2. The molecule has 0 radical (unpaired) electrons. The van der Waals surface area contributed by atoms with Crippen molar-refractivity contribution in [1.82, 2.24) is 14.7 Å². The summed E-state index contributed by atoms with van der Waals surface area (Å²) in [5, 5.41) is 0. The number of amides is 2. The van der Waals surface area contributed by atoms with Gasteiger partial charge >= 0.3 is 0 Å². The number of anilines is 1. The molecule has 5 rings (SSSR count). The molecule has 3 fully saturated rings. The van der Waals surface area contributed by atoms with Crippen molar-refractivity contribution >= 4 is 17.5 Å². The van der Waals surface area contributed by atoms with E-state index in [1.807, 2.05) is 35.0 Å². The van der Waals surface area contributed by atoms with Gasteiger partial charge in [0.25, 0.3) is 0 Å². The molecule has 156 valence electrons. The zero-order chi connectivity index (χ0) is 20.0. The van der Waals surface area contributed by atoms with E-state index < -0.39 is 0 Å². The number of rotatable bonds is 3. The zero-order valence-corrected chi connectivity index (χ0v) is 17.5. The smallest absolute Gasteiger partial charge is 0.237 e. The van der Waals surface area contributed by atoms with E-state index in [1.54, 1.807) is 0 Å². The summed E-state index contributed by atoms with van der Waals surface area (Å²) in [6, 6.07) is 8.96. The number of benzene rings is 1. The molecule has 1 aliphatic carbocycles. The first kappa shape index (κ1) is 19.1. The summed E-state index contributed by atoms with van der Waals surface area (Å²) >= 11 is 0. The van der Waals surface area contributed by atoms with Gasteiger partial charge in [-0.25, -0.2) is 0 Å². The van der Waals surface area contributed by atoms with Crippen LogP contribution in [0.5, 0.6) is 0 Å². The van der Waals surface area contributed by atoms with E-state index >= 15 is 0 Å². The highest BCUT2D eigenvalue weighted by atomic mass is 16.2. The largest absolute Gasteiger partial charge is 0.339 e. The molecule has 0 bridgehead atoms. The third kappa shape index (κ3) is 3.17. The SMILES string of the molecule is CN1C(=O)C2(CCN(CC(=O)N3CCN(C4CCC4)CC3)CC2)c2ccccc21. The van der Waals surface area contributed by atoms with Crippen LogP contribution in [-0.4, -0.2) is 85.4 Å². The molecule has 3 aliphatic heterocycles. The number of piperidine rings is 1. The molecule has 1 aromatic rings. The molecule has 2 saturated heterocycles. The van der Waals surface area contributed by atoms with Gasteiger partial charge in [0.05, 0.1) is 12.0 Å². The molecular formula is C23H32N4O2. The van der Waals surface area contributed by atoms with Crippen LogP contribution in [0.15, 0.2) is 24.3 Å². The van der Waals surface area contributed by atoms with Crippen LogP contribution >= 0.6 is 0 Å². The Morgan fingerprint density at radius 3 is 2.38 bits per heavy atom. The lowest BCUT2D eigenvalue weighted by molar-refractivity contribution is -0.135. The van der Waals surface area contributed by atoms with Crippen molar-refractivity contribution in [2.45, 2.75) is 43.6 Å². The highest BCUT2D eigenvalue weighted by Gasteiger charge is 2.50. The van der Waals surface area contributed by atoms with Crippen LogP contribution in [-0.2, 0) is 15.0 Å². The summed E-state index contributed by atoms with van der Waals surface area (Å²) < 4.78 is 0. The Morgan fingerprint density at radius 1 is 1.03 bits per heavy atom. The minimum absolute atomic E-state index is 0.219. The van der Waals surface area contributed by atoms with Crippen molar-refractivity contribution in [3.05, 3.63) is 29.8 Å². The molecule has 1 aromatic carbocycles. The molecule has 1 saturated carbocycles. The number of piperazine rings is 1. The average Bonchev–Trinajstić information content (AvgIpc) is 2.91. The van der Waals surface area contributed by atoms with Crippen LogP contribution in [0, 0.1) is 0 Å². The second kappa shape index (κ2) is 7.40. The van der Waals surface area contributed by atoms with Crippen molar-refractivity contribution in [2.24, 2.45) is 0 Å². The van der Waals surface area contributed by atoms with Crippen LogP contribution in [0.2, 0.25) is 0 Å². The van der Waals surface area contributed by atoms with Crippen molar-refractivity contribution < 1.29 is 9.59 Å². The Balaban J connectivity index is 1.17. The Kier molecular flexibility index (Phi) is 4.87. The molecule has 1 spiro atoms. The highest BCUT2D eigenvalue weighted by Crippen LogP contribution is 2.47. The van der Waals surface area contributed by atoms with Gasteiger partial charge in [-0.2, -0.15) is 0 Å². The van der Waals surface area contributed by atoms with E-state index in [0.717, 1.165) is 63.8 Å². The Labute approximate surface area is 173 Å².